The van der Waals surface area contributed by atoms with Crippen LogP contribution in [0.3, 0.4) is 0 Å². The highest BCUT2D eigenvalue weighted by Gasteiger charge is 2.29. The second-order valence-corrected chi connectivity index (χ2v) is 4.60. The molecule has 0 aromatic rings. The Labute approximate surface area is 91.0 Å². The van der Waals surface area contributed by atoms with E-state index in [9.17, 15) is 4.79 Å². The molecule has 2 atom stereocenters. The van der Waals surface area contributed by atoms with Gasteiger partial charge in [0, 0.05) is 26.2 Å². The standard InChI is InChI=1S/C11H20N2O2/c1-9-3-2-5-13(8-9)11(14)10-7-12-4-6-15-10/h9-10,12H,2-8H2,1H3. The molecule has 1 amide bonds. The lowest BCUT2D eigenvalue weighted by Gasteiger charge is -2.34. The van der Waals surface area contributed by atoms with Crippen molar-refractivity contribution in [2.75, 3.05) is 32.8 Å². The molecule has 0 aliphatic carbocycles. The third kappa shape index (κ3) is 2.69. The van der Waals surface area contributed by atoms with Crippen molar-refractivity contribution in [2.24, 2.45) is 5.92 Å². The molecule has 0 saturated carbocycles. The van der Waals surface area contributed by atoms with Crippen LogP contribution in [0.15, 0.2) is 0 Å². The molecule has 4 heteroatoms. The van der Waals surface area contributed by atoms with E-state index in [-0.39, 0.29) is 12.0 Å². The van der Waals surface area contributed by atoms with Crippen LogP contribution in [0.1, 0.15) is 19.8 Å². The largest absolute Gasteiger partial charge is 0.366 e. The highest BCUT2D eigenvalue weighted by Crippen LogP contribution is 2.17. The van der Waals surface area contributed by atoms with Gasteiger partial charge in [0.1, 0.15) is 6.10 Å². The van der Waals surface area contributed by atoms with E-state index in [4.69, 9.17) is 4.74 Å². The van der Waals surface area contributed by atoms with Gasteiger partial charge in [0.15, 0.2) is 0 Å². The van der Waals surface area contributed by atoms with Gasteiger partial charge in [-0.3, -0.25) is 4.79 Å². The smallest absolute Gasteiger partial charge is 0.253 e. The van der Waals surface area contributed by atoms with Crippen LogP contribution in [0.2, 0.25) is 0 Å². The summed E-state index contributed by atoms with van der Waals surface area (Å²) in [6.07, 6.45) is 2.13. The summed E-state index contributed by atoms with van der Waals surface area (Å²) < 4.78 is 5.47. The van der Waals surface area contributed by atoms with E-state index in [1.165, 1.54) is 6.42 Å². The zero-order valence-corrected chi connectivity index (χ0v) is 9.37. The molecule has 0 aromatic carbocycles. The second kappa shape index (κ2) is 4.94. The molecule has 86 valence electrons. The Morgan fingerprint density at radius 1 is 1.53 bits per heavy atom. The number of nitrogens with one attached hydrogen (secondary N) is 1. The number of nitrogens with zero attached hydrogens (tertiary/aromatic N) is 1. The van der Waals surface area contributed by atoms with Crippen LogP contribution in [-0.4, -0.2) is 49.7 Å². The quantitative estimate of drug-likeness (QED) is 0.676. The summed E-state index contributed by atoms with van der Waals surface area (Å²) in [6, 6.07) is 0. The molecule has 2 aliphatic heterocycles. The molecule has 2 aliphatic rings. The first-order valence-corrected chi connectivity index (χ1v) is 5.88. The van der Waals surface area contributed by atoms with Gasteiger partial charge in [-0.1, -0.05) is 6.92 Å². The van der Waals surface area contributed by atoms with Gasteiger partial charge in [-0.05, 0) is 18.8 Å². The number of ether oxygens (including phenoxy) is 1. The third-order valence-corrected chi connectivity index (χ3v) is 3.17. The zero-order chi connectivity index (χ0) is 10.7. The predicted molar refractivity (Wildman–Crippen MR) is 57.6 cm³/mol. The van der Waals surface area contributed by atoms with E-state index in [0.717, 1.165) is 26.1 Å². The Bertz CT molecular complexity index is 227. The van der Waals surface area contributed by atoms with Gasteiger partial charge in [0.05, 0.1) is 6.61 Å². The van der Waals surface area contributed by atoms with Gasteiger partial charge >= 0.3 is 0 Å². The number of hydrogen-bond donors (Lipinski definition) is 1. The molecule has 2 fully saturated rings. The Balaban J connectivity index is 1.88. The molecule has 15 heavy (non-hydrogen) atoms. The monoisotopic (exact) mass is 212 g/mol. The van der Waals surface area contributed by atoms with E-state index in [1.807, 2.05) is 4.90 Å². The van der Waals surface area contributed by atoms with Crippen LogP contribution in [0.5, 0.6) is 0 Å². The molecule has 2 rings (SSSR count). The SMILES string of the molecule is CC1CCCN(C(=O)C2CNCCO2)C1. The highest BCUT2D eigenvalue weighted by molar-refractivity contribution is 5.81. The summed E-state index contributed by atoms with van der Waals surface area (Å²) in [7, 11) is 0. The number of piperidine rings is 1. The fraction of sp³-hybridized carbons (Fsp3) is 0.909. The molecule has 4 nitrogen and oxygen atoms in total. The molecular weight excluding hydrogens is 192 g/mol. The van der Waals surface area contributed by atoms with Crippen molar-refractivity contribution in [3.05, 3.63) is 0 Å². The Kier molecular flexibility index (Phi) is 3.59. The first-order valence-electron chi connectivity index (χ1n) is 5.88. The van der Waals surface area contributed by atoms with Crippen LogP contribution in [0, 0.1) is 5.92 Å². The van der Waals surface area contributed by atoms with E-state index >= 15 is 0 Å². The normalized spacial score (nSPS) is 32.7. The van der Waals surface area contributed by atoms with Crippen molar-refractivity contribution in [3.8, 4) is 0 Å². The van der Waals surface area contributed by atoms with Gasteiger partial charge in [0.25, 0.3) is 5.91 Å². The van der Waals surface area contributed by atoms with Crippen LogP contribution in [0.4, 0.5) is 0 Å². The first kappa shape index (κ1) is 10.9. The zero-order valence-electron chi connectivity index (χ0n) is 9.37. The lowest BCUT2D eigenvalue weighted by Crippen LogP contribution is -2.51. The molecular formula is C11H20N2O2. The molecule has 0 aromatic heterocycles. The number of morpholine rings is 1. The number of carbonyl (C=O) groups excluding carboxylic acids is 1. The van der Waals surface area contributed by atoms with Crippen molar-refractivity contribution in [3.63, 3.8) is 0 Å². The average Bonchev–Trinajstić information content (AvgIpc) is 2.29. The number of hydrogen-bond acceptors (Lipinski definition) is 3. The molecule has 2 saturated heterocycles. The van der Waals surface area contributed by atoms with Crippen molar-refractivity contribution in [1.29, 1.82) is 0 Å². The maximum absolute atomic E-state index is 12.1. The minimum Gasteiger partial charge on any atom is -0.366 e. The van der Waals surface area contributed by atoms with Gasteiger partial charge < -0.3 is 15.0 Å². The number of carbonyl (C=O) groups is 1. The lowest BCUT2D eigenvalue weighted by atomic mass is 10.00. The lowest BCUT2D eigenvalue weighted by molar-refractivity contribution is -0.146. The van der Waals surface area contributed by atoms with E-state index < -0.39 is 0 Å². The van der Waals surface area contributed by atoms with Crippen LogP contribution < -0.4 is 5.32 Å². The van der Waals surface area contributed by atoms with Gasteiger partial charge in [-0.25, -0.2) is 0 Å². The molecule has 2 unspecified atom stereocenters. The topological polar surface area (TPSA) is 41.6 Å². The molecule has 0 spiro atoms. The van der Waals surface area contributed by atoms with Crippen molar-refractivity contribution >= 4 is 5.91 Å². The van der Waals surface area contributed by atoms with Gasteiger partial charge in [-0.2, -0.15) is 0 Å². The highest BCUT2D eigenvalue weighted by atomic mass is 16.5. The fourth-order valence-corrected chi connectivity index (χ4v) is 2.32. The molecule has 2 heterocycles. The minimum absolute atomic E-state index is 0.175. The summed E-state index contributed by atoms with van der Waals surface area (Å²) in [5, 5.41) is 3.19. The maximum atomic E-state index is 12.1. The molecule has 0 bridgehead atoms. The van der Waals surface area contributed by atoms with Crippen molar-refractivity contribution in [1.82, 2.24) is 10.2 Å². The number of amides is 1. The van der Waals surface area contributed by atoms with Gasteiger partial charge in [0.2, 0.25) is 0 Å². The summed E-state index contributed by atoms with van der Waals surface area (Å²) in [5.74, 6) is 0.813. The molecule has 1 N–H and O–H groups in total. The van der Waals surface area contributed by atoms with E-state index in [0.29, 0.717) is 19.1 Å². The van der Waals surface area contributed by atoms with E-state index in [1.54, 1.807) is 0 Å². The molecule has 0 radical (unpaired) electrons. The Morgan fingerprint density at radius 3 is 3.07 bits per heavy atom. The second-order valence-electron chi connectivity index (χ2n) is 4.60. The summed E-state index contributed by atoms with van der Waals surface area (Å²) >= 11 is 0. The van der Waals surface area contributed by atoms with Crippen LogP contribution in [0.25, 0.3) is 0 Å². The third-order valence-electron chi connectivity index (χ3n) is 3.17. The van der Waals surface area contributed by atoms with Crippen molar-refractivity contribution in [2.45, 2.75) is 25.9 Å². The summed E-state index contributed by atoms with van der Waals surface area (Å²) in [6.45, 7) is 6.20. The fourth-order valence-electron chi connectivity index (χ4n) is 2.32. The average molecular weight is 212 g/mol. The summed E-state index contributed by atoms with van der Waals surface area (Å²) in [5.41, 5.74) is 0. The first-order chi connectivity index (χ1) is 7.27. The summed E-state index contributed by atoms with van der Waals surface area (Å²) in [4.78, 5) is 14.0. The van der Waals surface area contributed by atoms with E-state index in [2.05, 4.69) is 12.2 Å². The maximum Gasteiger partial charge on any atom is 0.253 e. The number of rotatable bonds is 1. The minimum atomic E-state index is -0.246. The predicted octanol–water partition coefficient (Wildman–Crippen LogP) is 0.233. The van der Waals surface area contributed by atoms with Crippen LogP contribution >= 0.6 is 0 Å². The Morgan fingerprint density at radius 2 is 2.40 bits per heavy atom. The number of likely N-dealkylation sites (tertiary alicyclic amines) is 1. The Hall–Kier alpha value is -0.610. The van der Waals surface area contributed by atoms with Gasteiger partial charge in [-0.15, -0.1) is 0 Å². The van der Waals surface area contributed by atoms with Crippen LogP contribution in [-0.2, 0) is 9.53 Å². The van der Waals surface area contributed by atoms with Crippen molar-refractivity contribution < 1.29 is 9.53 Å².